The summed E-state index contributed by atoms with van der Waals surface area (Å²) in [5, 5.41) is 3.68. The molecule has 3 heterocycles. The normalized spacial score (nSPS) is 11.0. The van der Waals surface area contributed by atoms with Crippen LogP contribution in [0.5, 0.6) is 11.8 Å². The van der Waals surface area contributed by atoms with Crippen molar-refractivity contribution >= 4 is 12.1 Å². The van der Waals surface area contributed by atoms with E-state index in [-0.39, 0.29) is 28.7 Å². The summed E-state index contributed by atoms with van der Waals surface area (Å²) in [4.78, 5) is 27.7. The molecule has 1 N–H and O–H groups in total. The van der Waals surface area contributed by atoms with Crippen molar-refractivity contribution in [1.82, 2.24) is 25.4 Å². The molecule has 3 aromatic rings. The fraction of sp³-hybridized carbons (Fsp3) is 0.111. The van der Waals surface area contributed by atoms with Crippen LogP contribution in [0, 0.1) is 5.82 Å². The zero-order chi connectivity index (χ0) is 21.5. The molecule has 30 heavy (non-hydrogen) atoms. The molecule has 9 nitrogen and oxygen atoms in total. The molecule has 154 valence electrons. The van der Waals surface area contributed by atoms with Gasteiger partial charge in [-0.05, 0) is 6.07 Å². The topological polar surface area (TPSA) is 111 Å². The van der Waals surface area contributed by atoms with Gasteiger partial charge in [-0.3, -0.25) is 9.78 Å². The number of methoxy groups -OCH3 is 1. The standard InChI is InChI=1S/C18H13F3N6O3/c1-29-16-4-11(12(19)7-24-16)6-25-27-17(28)14-9-22-8-13(26-14)10-2-3-15(23-5-10)30-18(20)21/h2-9,18H,1H3,(H,27,28)/b25-6+. The SMILES string of the molecule is COc1cc(/C=N/NC(=O)c2cncc(-c3ccc(OC(F)F)nc3)n2)c(F)cn1. The number of carbonyl (C=O) groups is 1. The number of amides is 1. The lowest BCUT2D eigenvalue weighted by atomic mass is 10.2. The second kappa shape index (κ2) is 9.41. The Morgan fingerprint density at radius 2 is 1.97 bits per heavy atom. The fourth-order valence-electron chi connectivity index (χ4n) is 2.17. The Morgan fingerprint density at radius 3 is 2.67 bits per heavy atom. The summed E-state index contributed by atoms with van der Waals surface area (Å²) in [5.41, 5.74) is 2.87. The summed E-state index contributed by atoms with van der Waals surface area (Å²) in [5.74, 6) is -1.43. The Morgan fingerprint density at radius 1 is 1.17 bits per heavy atom. The highest BCUT2D eigenvalue weighted by molar-refractivity contribution is 5.93. The summed E-state index contributed by atoms with van der Waals surface area (Å²) in [7, 11) is 1.38. The fourth-order valence-corrected chi connectivity index (χ4v) is 2.17. The third kappa shape index (κ3) is 5.25. The number of pyridine rings is 2. The highest BCUT2D eigenvalue weighted by atomic mass is 19.3. The molecule has 12 heteroatoms. The van der Waals surface area contributed by atoms with Crippen molar-refractivity contribution in [1.29, 1.82) is 0 Å². The van der Waals surface area contributed by atoms with Gasteiger partial charge < -0.3 is 9.47 Å². The molecule has 0 aromatic carbocycles. The lowest BCUT2D eigenvalue weighted by Crippen LogP contribution is -2.19. The van der Waals surface area contributed by atoms with E-state index < -0.39 is 18.3 Å². The third-order valence-corrected chi connectivity index (χ3v) is 3.55. The number of nitrogens with zero attached hydrogens (tertiary/aromatic N) is 5. The van der Waals surface area contributed by atoms with Crippen LogP contribution in [-0.2, 0) is 0 Å². The van der Waals surface area contributed by atoms with Gasteiger partial charge in [0.1, 0.15) is 5.69 Å². The van der Waals surface area contributed by atoms with Gasteiger partial charge in [-0.1, -0.05) is 0 Å². The zero-order valence-corrected chi connectivity index (χ0v) is 15.3. The molecule has 0 bridgehead atoms. The summed E-state index contributed by atoms with van der Waals surface area (Å²) in [6.45, 7) is -2.99. The largest absolute Gasteiger partial charge is 0.481 e. The first-order valence-electron chi connectivity index (χ1n) is 8.22. The molecule has 0 spiro atoms. The van der Waals surface area contributed by atoms with E-state index in [9.17, 15) is 18.0 Å². The van der Waals surface area contributed by atoms with E-state index in [1.54, 1.807) is 0 Å². The lowest BCUT2D eigenvalue weighted by Gasteiger charge is -2.05. The van der Waals surface area contributed by atoms with Gasteiger partial charge in [0.15, 0.2) is 5.82 Å². The maximum atomic E-state index is 13.7. The summed E-state index contributed by atoms with van der Waals surface area (Å²) >= 11 is 0. The third-order valence-electron chi connectivity index (χ3n) is 3.55. The van der Waals surface area contributed by atoms with Gasteiger partial charge in [-0.25, -0.2) is 24.8 Å². The van der Waals surface area contributed by atoms with Crippen molar-refractivity contribution in [2.24, 2.45) is 5.10 Å². The zero-order valence-electron chi connectivity index (χ0n) is 15.3. The predicted octanol–water partition coefficient (Wildman–Crippen LogP) is 2.45. The molecule has 0 aliphatic rings. The van der Waals surface area contributed by atoms with E-state index in [0.717, 1.165) is 12.4 Å². The molecule has 3 aromatic heterocycles. The van der Waals surface area contributed by atoms with Crippen molar-refractivity contribution in [2.45, 2.75) is 6.61 Å². The predicted molar refractivity (Wildman–Crippen MR) is 97.7 cm³/mol. The Hall–Kier alpha value is -4.09. The van der Waals surface area contributed by atoms with Crippen LogP contribution in [0.25, 0.3) is 11.3 Å². The van der Waals surface area contributed by atoms with Gasteiger partial charge in [-0.2, -0.15) is 13.9 Å². The van der Waals surface area contributed by atoms with Crippen LogP contribution in [0.2, 0.25) is 0 Å². The highest BCUT2D eigenvalue weighted by Crippen LogP contribution is 2.19. The van der Waals surface area contributed by atoms with Crippen molar-refractivity contribution in [3.63, 3.8) is 0 Å². The van der Waals surface area contributed by atoms with Crippen molar-refractivity contribution in [2.75, 3.05) is 7.11 Å². The number of ether oxygens (including phenoxy) is 2. The maximum Gasteiger partial charge on any atom is 0.388 e. The van der Waals surface area contributed by atoms with E-state index in [0.29, 0.717) is 5.56 Å². The number of alkyl halides is 2. The monoisotopic (exact) mass is 418 g/mol. The number of hydrogen-bond acceptors (Lipinski definition) is 8. The minimum absolute atomic E-state index is 0.0548. The first kappa shape index (κ1) is 20.6. The molecule has 0 saturated carbocycles. The second-order valence-electron chi connectivity index (χ2n) is 5.50. The molecule has 0 atom stereocenters. The Labute approximate surface area is 167 Å². The Bertz CT molecular complexity index is 1060. The number of halogens is 3. The number of hydrazone groups is 1. The Balaban J connectivity index is 1.70. The molecule has 0 saturated heterocycles. The smallest absolute Gasteiger partial charge is 0.388 e. The molecule has 0 aliphatic carbocycles. The van der Waals surface area contributed by atoms with Crippen LogP contribution in [0.4, 0.5) is 13.2 Å². The minimum atomic E-state index is -2.99. The lowest BCUT2D eigenvalue weighted by molar-refractivity contribution is -0.0528. The quantitative estimate of drug-likeness (QED) is 0.463. The molecule has 0 aliphatic heterocycles. The molecular weight excluding hydrogens is 405 g/mol. The number of nitrogens with one attached hydrogen (secondary N) is 1. The second-order valence-corrected chi connectivity index (χ2v) is 5.50. The van der Waals surface area contributed by atoms with Crippen LogP contribution in [0.3, 0.4) is 0 Å². The van der Waals surface area contributed by atoms with E-state index in [1.807, 2.05) is 0 Å². The van der Waals surface area contributed by atoms with Crippen LogP contribution in [0.15, 0.2) is 48.1 Å². The Kier molecular flexibility index (Phi) is 6.47. The van der Waals surface area contributed by atoms with E-state index >= 15 is 0 Å². The van der Waals surface area contributed by atoms with Gasteiger partial charge in [0.25, 0.3) is 5.91 Å². The molecule has 0 radical (unpaired) electrons. The molecule has 1 amide bonds. The number of rotatable bonds is 7. The van der Waals surface area contributed by atoms with Crippen molar-refractivity contribution in [3.05, 3.63) is 60.1 Å². The summed E-state index contributed by atoms with van der Waals surface area (Å²) in [6.07, 6.45) is 5.86. The van der Waals surface area contributed by atoms with Gasteiger partial charge in [-0.15, -0.1) is 0 Å². The van der Waals surface area contributed by atoms with E-state index in [2.05, 4.69) is 35.2 Å². The molecular formula is C18H13F3N6O3. The van der Waals surface area contributed by atoms with Crippen LogP contribution in [0.1, 0.15) is 16.1 Å². The van der Waals surface area contributed by atoms with Crippen molar-refractivity contribution in [3.8, 4) is 23.0 Å². The summed E-state index contributed by atoms with van der Waals surface area (Å²) in [6, 6.07) is 3.98. The number of hydrogen-bond donors (Lipinski definition) is 1. The average molecular weight is 418 g/mol. The molecule has 0 unspecified atom stereocenters. The highest BCUT2D eigenvalue weighted by Gasteiger charge is 2.11. The first-order chi connectivity index (χ1) is 14.5. The van der Waals surface area contributed by atoms with Crippen LogP contribution < -0.4 is 14.9 Å². The van der Waals surface area contributed by atoms with Gasteiger partial charge in [0.05, 0.1) is 37.6 Å². The minimum Gasteiger partial charge on any atom is -0.481 e. The van der Waals surface area contributed by atoms with Gasteiger partial charge >= 0.3 is 6.61 Å². The number of aromatic nitrogens is 4. The first-order valence-corrected chi connectivity index (χ1v) is 8.22. The van der Waals surface area contributed by atoms with Gasteiger partial charge in [0, 0.05) is 29.5 Å². The molecule has 0 fully saturated rings. The average Bonchev–Trinajstić information content (AvgIpc) is 2.75. The van der Waals surface area contributed by atoms with Crippen LogP contribution >= 0.6 is 0 Å². The molecule has 3 rings (SSSR count). The van der Waals surface area contributed by atoms with E-state index in [1.165, 1.54) is 43.9 Å². The van der Waals surface area contributed by atoms with Gasteiger partial charge in [0.2, 0.25) is 11.8 Å². The summed E-state index contributed by atoms with van der Waals surface area (Å²) < 4.78 is 47.1. The van der Waals surface area contributed by atoms with E-state index in [4.69, 9.17) is 4.74 Å². The van der Waals surface area contributed by atoms with Crippen molar-refractivity contribution < 1.29 is 27.4 Å². The maximum absolute atomic E-state index is 13.7. The van der Waals surface area contributed by atoms with Crippen LogP contribution in [-0.4, -0.2) is 45.8 Å². The number of carbonyl (C=O) groups excluding carboxylic acids is 1.